The summed E-state index contributed by atoms with van der Waals surface area (Å²) in [5.41, 5.74) is 1.76. The minimum atomic E-state index is -3.58. The van der Waals surface area contributed by atoms with Crippen LogP contribution in [0.1, 0.15) is 57.4 Å². The van der Waals surface area contributed by atoms with Crippen LogP contribution in [0.2, 0.25) is 0 Å². The topological polar surface area (TPSA) is 78.5 Å². The number of anilines is 1. The number of rotatable bonds is 6. The highest BCUT2D eigenvalue weighted by molar-refractivity contribution is 7.89. The molecule has 1 aromatic carbocycles. The van der Waals surface area contributed by atoms with Crippen molar-refractivity contribution in [1.82, 2.24) is 10.0 Å². The summed E-state index contributed by atoms with van der Waals surface area (Å²) in [5, 5.41) is 3.48. The summed E-state index contributed by atoms with van der Waals surface area (Å²) in [6.45, 7) is 3.17. The van der Waals surface area contributed by atoms with E-state index in [0.717, 1.165) is 24.1 Å². The lowest BCUT2D eigenvalue weighted by atomic mass is 10.0. The predicted octanol–water partition coefficient (Wildman–Crippen LogP) is 2.58. The van der Waals surface area contributed by atoms with E-state index < -0.39 is 10.0 Å². The standard InChI is InChI=1S/C20H31N3O3S/c1-16(24)23-14-6-7-17-10-11-19(15-20(17)23)27(25,26)22-13-12-21-18-8-4-2-3-5-9-18/h10-11,15,18,21-22H,2-9,12-14H2,1H3. The quantitative estimate of drug-likeness (QED) is 0.575. The number of hydrogen-bond donors (Lipinski definition) is 2. The third kappa shape index (κ3) is 5.30. The van der Waals surface area contributed by atoms with Gasteiger partial charge in [0.1, 0.15) is 0 Å². The molecule has 1 saturated carbocycles. The molecule has 0 saturated heterocycles. The molecule has 1 aromatic rings. The van der Waals surface area contributed by atoms with Crippen molar-refractivity contribution in [3.8, 4) is 0 Å². The van der Waals surface area contributed by atoms with Gasteiger partial charge < -0.3 is 10.2 Å². The van der Waals surface area contributed by atoms with E-state index in [9.17, 15) is 13.2 Å². The Kier molecular flexibility index (Phi) is 6.89. The van der Waals surface area contributed by atoms with Crippen molar-refractivity contribution < 1.29 is 13.2 Å². The summed E-state index contributed by atoms with van der Waals surface area (Å²) in [7, 11) is -3.58. The lowest BCUT2D eigenvalue weighted by Gasteiger charge is -2.29. The molecule has 1 aliphatic carbocycles. The fourth-order valence-electron chi connectivity index (χ4n) is 4.08. The number of hydrogen-bond acceptors (Lipinski definition) is 4. The molecule has 0 bridgehead atoms. The molecular formula is C20H31N3O3S. The molecule has 2 aliphatic rings. The van der Waals surface area contributed by atoms with Gasteiger partial charge in [-0.3, -0.25) is 4.79 Å². The minimum absolute atomic E-state index is 0.0499. The van der Waals surface area contributed by atoms with Gasteiger partial charge in [-0.25, -0.2) is 13.1 Å². The number of carbonyl (C=O) groups is 1. The van der Waals surface area contributed by atoms with E-state index in [1.807, 2.05) is 6.07 Å². The number of benzene rings is 1. The van der Waals surface area contributed by atoms with E-state index in [-0.39, 0.29) is 10.8 Å². The number of nitrogens with zero attached hydrogens (tertiary/aromatic N) is 1. The molecule has 0 radical (unpaired) electrons. The molecule has 0 atom stereocenters. The van der Waals surface area contributed by atoms with Crippen LogP contribution in [0.25, 0.3) is 0 Å². The second-order valence-corrected chi connectivity index (χ2v) is 9.37. The van der Waals surface area contributed by atoms with Crippen LogP contribution in [-0.4, -0.2) is 40.0 Å². The van der Waals surface area contributed by atoms with Crippen LogP contribution in [0.3, 0.4) is 0 Å². The first-order valence-electron chi connectivity index (χ1n) is 10.1. The summed E-state index contributed by atoms with van der Waals surface area (Å²) < 4.78 is 28.0. The smallest absolute Gasteiger partial charge is 0.240 e. The summed E-state index contributed by atoms with van der Waals surface area (Å²) in [5.74, 6) is -0.0499. The second kappa shape index (κ2) is 9.17. The zero-order valence-corrected chi connectivity index (χ0v) is 17.0. The number of nitrogens with one attached hydrogen (secondary N) is 2. The number of aryl methyl sites for hydroxylation is 1. The van der Waals surface area contributed by atoms with Gasteiger partial charge in [-0.15, -0.1) is 0 Å². The van der Waals surface area contributed by atoms with Crippen molar-refractivity contribution in [3.63, 3.8) is 0 Å². The first-order chi connectivity index (χ1) is 13.0. The first-order valence-corrected chi connectivity index (χ1v) is 11.6. The minimum Gasteiger partial charge on any atom is -0.313 e. The van der Waals surface area contributed by atoms with Gasteiger partial charge in [0.2, 0.25) is 15.9 Å². The number of sulfonamides is 1. The van der Waals surface area contributed by atoms with E-state index >= 15 is 0 Å². The SMILES string of the molecule is CC(=O)N1CCCc2ccc(S(=O)(=O)NCCNC3CCCCCC3)cc21. The Hall–Kier alpha value is -1.44. The van der Waals surface area contributed by atoms with Gasteiger partial charge >= 0.3 is 0 Å². The number of fused-ring (bicyclic) bond motifs is 1. The highest BCUT2D eigenvalue weighted by Gasteiger charge is 2.23. The maximum Gasteiger partial charge on any atom is 0.240 e. The van der Waals surface area contributed by atoms with Crippen LogP contribution in [0.5, 0.6) is 0 Å². The van der Waals surface area contributed by atoms with Crippen LogP contribution in [0.4, 0.5) is 5.69 Å². The Bertz CT molecular complexity index is 756. The molecule has 1 heterocycles. The number of carbonyl (C=O) groups excluding carboxylic acids is 1. The first kappa shape index (κ1) is 20.3. The van der Waals surface area contributed by atoms with Crippen molar-refractivity contribution >= 4 is 21.6 Å². The predicted molar refractivity (Wildman–Crippen MR) is 107 cm³/mol. The van der Waals surface area contributed by atoms with E-state index in [1.54, 1.807) is 17.0 Å². The van der Waals surface area contributed by atoms with Crippen molar-refractivity contribution in [2.24, 2.45) is 0 Å². The van der Waals surface area contributed by atoms with Gasteiger partial charge in [0, 0.05) is 38.3 Å². The average Bonchev–Trinajstić information content (AvgIpc) is 2.93. The van der Waals surface area contributed by atoms with Gasteiger partial charge in [0.05, 0.1) is 4.90 Å². The molecule has 27 heavy (non-hydrogen) atoms. The molecule has 1 aliphatic heterocycles. The molecule has 1 fully saturated rings. The zero-order chi connectivity index (χ0) is 19.3. The Morgan fingerprint density at radius 3 is 2.56 bits per heavy atom. The zero-order valence-electron chi connectivity index (χ0n) is 16.2. The molecule has 1 amide bonds. The summed E-state index contributed by atoms with van der Waals surface area (Å²) in [6.07, 6.45) is 9.26. The molecule has 7 heteroatoms. The fraction of sp³-hybridized carbons (Fsp3) is 0.650. The van der Waals surface area contributed by atoms with Crippen molar-refractivity contribution in [2.45, 2.75) is 69.2 Å². The van der Waals surface area contributed by atoms with Gasteiger partial charge in [-0.2, -0.15) is 0 Å². The molecular weight excluding hydrogens is 362 g/mol. The van der Waals surface area contributed by atoms with Gasteiger partial charge in [-0.05, 0) is 43.4 Å². The van der Waals surface area contributed by atoms with Crippen LogP contribution >= 0.6 is 0 Å². The van der Waals surface area contributed by atoms with Crippen LogP contribution in [-0.2, 0) is 21.2 Å². The van der Waals surface area contributed by atoms with Gasteiger partial charge in [-0.1, -0.05) is 31.7 Å². The number of amides is 1. The van der Waals surface area contributed by atoms with Gasteiger partial charge in [0.15, 0.2) is 0 Å². The lowest BCUT2D eigenvalue weighted by Crippen LogP contribution is -2.37. The summed E-state index contributed by atoms with van der Waals surface area (Å²) >= 11 is 0. The van der Waals surface area contributed by atoms with Crippen molar-refractivity contribution in [2.75, 3.05) is 24.5 Å². The summed E-state index contributed by atoms with van der Waals surface area (Å²) in [4.78, 5) is 13.8. The maximum atomic E-state index is 12.7. The van der Waals surface area contributed by atoms with Crippen LogP contribution in [0.15, 0.2) is 23.1 Å². The normalized spacial score (nSPS) is 18.8. The van der Waals surface area contributed by atoms with Crippen molar-refractivity contribution in [3.05, 3.63) is 23.8 Å². The van der Waals surface area contributed by atoms with E-state index in [2.05, 4.69) is 10.0 Å². The fourth-order valence-corrected chi connectivity index (χ4v) is 5.13. The largest absolute Gasteiger partial charge is 0.313 e. The Balaban J connectivity index is 1.59. The third-order valence-corrected chi connectivity index (χ3v) is 7.03. The van der Waals surface area contributed by atoms with Crippen LogP contribution in [0, 0.1) is 0 Å². The van der Waals surface area contributed by atoms with E-state index in [1.165, 1.54) is 45.4 Å². The molecule has 0 aromatic heterocycles. The van der Waals surface area contributed by atoms with Gasteiger partial charge in [0.25, 0.3) is 0 Å². The highest BCUT2D eigenvalue weighted by Crippen LogP contribution is 2.29. The van der Waals surface area contributed by atoms with Crippen molar-refractivity contribution in [1.29, 1.82) is 0 Å². The molecule has 2 N–H and O–H groups in total. The third-order valence-electron chi connectivity index (χ3n) is 5.57. The second-order valence-electron chi connectivity index (χ2n) is 7.61. The average molecular weight is 394 g/mol. The molecule has 0 unspecified atom stereocenters. The monoisotopic (exact) mass is 393 g/mol. The molecule has 6 nitrogen and oxygen atoms in total. The van der Waals surface area contributed by atoms with E-state index in [0.29, 0.717) is 25.7 Å². The molecule has 3 rings (SSSR count). The van der Waals surface area contributed by atoms with Crippen LogP contribution < -0.4 is 14.9 Å². The summed E-state index contributed by atoms with van der Waals surface area (Å²) in [6, 6.07) is 5.62. The Labute approximate surface area is 162 Å². The lowest BCUT2D eigenvalue weighted by molar-refractivity contribution is -0.116. The highest BCUT2D eigenvalue weighted by atomic mass is 32.2. The Morgan fingerprint density at radius 2 is 1.85 bits per heavy atom. The molecule has 0 spiro atoms. The maximum absolute atomic E-state index is 12.7. The van der Waals surface area contributed by atoms with E-state index in [4.69, 9.17) is 0 Å². The molecule has 150 valence electrons. The Morgan fingerprint density at radius 1 is 1.11 bits per heavy atom.